The van der Waals surface area contributed by atoms with E-state index in [-0.39, 0.29) is 37.3 Å². The van der Waals surface area contributed by atoms with Crippen LogP contribution in [0.4, 0.5) is 17.6 Å². The molecule has 3 aliphatic rings. The summed E-state index contributed by atoms with van der Waals surface area (Å²) >= 11 is 0. The number of carbonyl (C=O) groups is 1. The van der Waals surface area contributed by atoms with Crippen molar-refractivity contribution in [2.45, 2.75) is 57.2 Å². The van der Waals surface area contributed by atoms with Crippen molar-refractivity contribution in [3.8, 4) is 17.0 Å². The van der Waals surface area contributed by atoms with Gasteiger partial charge in [0.15, 0.2) is 0 Å². The minimum Gasteiger partial charge on any atom is -0.477 e. The van der Waals surface area contributed by atoms with Crippen molar-refractivity contribution in [3.63, 3.8) is 0 Å². The molecule has 39 heavy (non-hydrogen) atoms. The first kappa shape index (κ1) is 27.8. The number of piperidine rings is 1. The number of alkyl halides is 3. The molecule has 1 aliphatic carbocycles. The lowest BCUT2D eigenvalue weighted by molar-refractivity contribution is -0.256. The number of ether oxygens (including phenoxy) is 1. The highest BCUT2D eigenvalue weighted by Crippen LogP contribution is 2.53. The van der Waals surface area contributed by atoms with Crippen LogP contribution < -0.4 is 10.5 Å². The average molecular weight is 549 g/mol. The molecule has 0 spiro atoms. The molecule has 1 saturated carbocycles. The van der Waals surface area contributed by atoms with Gasteiger partial charge >= 0.3 is 6.18 Å². The molecule has 2 N–H and O–H groups in total. The summed E-state index contributed by atoms with van der Waals surface area (Å²) < 4.78 is 61.3. The zero-order valence-electron chi connectivity index (χ0n) is 22.1. The highest BCUT2D eigenvalue weighted by Gasteiger charge is 2.58. The van der Waals surface area contributed by atoms with E-state index in [1.54, 1.807) is 29.2 Å². The first-order valence-electron chi connectivity index (χ1n) is 13.9. The molecule has 0 unspecified atom stereocenters. The second-order valence-electron chi connectivity index (χ2n) is 11.3. The number of rotatable bonds is 8. The Labute approximate surface area is 226 Å². The van der Waals surface area contributed by atoms with Crippen LogP contribution >= 0.6 is 0 Å². The van der Waals surface area contributed by atoms with Crippen molar-refractivity contribution >= 4 is 5.91 Å². The molecule has 3 fully saturated rings. The second kappa shape index (κ2) is 11.4. The van der Waals surface area contributed by atoms with Gasteiger partial charge in [0, 0.05) is 54.6 Å². The molecule has 1 amide bonds. The fraction of sp³-hybridized carbons (Fsp3) is 0.586. The van der Waals surface area contributed by atoms with Crippen LogP contribution in [0.1, 0.15) is 55.3 Å². The molecule has 6 nitrogen and oxygen atoms in total. The normalized spacial score (nSPS) is 22.1. The van der Waals surface area contributed by atoms with E-state index in [0.717, 1.165) is 25.7 Å². The van der Waals surface area contributed by atoms with E-state index in [1.807, 2.05) is 4.90 Å². The summed E-state index contributed by atoms with van der Waals surface area (Å²) in [7, 11) is 0. The van der Waals surface area contributed by atoms with Crippen molar-refractivity contribution in [1.29, 1.82) is 0 Å². The summed E-state index contributed by atoms with van der Waals surface area (Å²) in [5.41, 5.74) is 5.47. The number of carbonyl (C=O) groups excluding carboxylic acids is 1. The summed E-state index contributed by atoms with van der Waals surface area (Å²) in [4.78, 5) is 20.8. The number of amides is 1. The van der Waals surface area contributed by atoms with E-state index in [9.17, 15) is 22.4 Å². The molecular formula is C29H36F4N4O2. The monoisotopic (exact) mass is 548 g/mol. The molecule has 1 aromatic carbocycles. The second-order valence-corrected chi connectivity index (χ2v) is 11.3. The Kier molecular flexibility index (Phi) is 8.14. The molecule has 212 valence electrons. The quantitative estimate of drug-likeness (QED) is 0.455. The zero-order chi connectivity index (χ0) is 27.6. The Morgan fingerprint density at radius 3 is 2.44 bits per heavy atom. The SMILES string of the molecule is NC[C@H]1CCCN1C(=O)c1ccc(-c2ccc(OCC3CCN(CC4(C(F)(F)F)CCC4)CC3)nc2)c(F)c1. The summed E-state index contributed by atoms with van der Waals surface area (Å²) in [5.74, 6) is -0.0338. The van der Waals surface area contributed by atoms with Gasteiger partial charge in [-0.05, 0) is 75.7 Å². The number of benzene rings is 1. The van der Waals surface area contributed by atoms with Gasteiger partial charge in [-0.1, -0.05) is 12.5 Å². The lowest BCUT2D eigenvalue weighted by atomic mass is 9.67. The maximum atomic E-state index is 15.0. The maximum absolute atomic E-state index is 15.0. The predicted octanol–water partition coefficient (Wildman–Crippen LogP) is 5.27. The van der Waals surface area contributed by atoms with Crippen molar-refractivity contribution in [3.05, 3.63) is 47.9 Å². The first-order chi connectivity index (χ1) is 18.7. The zero-order valence-corrected chi connectivity index (χ0v) is 22.1. The van der Waals surface area contributed by atoms with E-state index in [1.165, 1.54) is 12.3 Å². The van der Waals surface area contributed by atoms with Gasteiger partial charge < -0.3 is 20.3 Å². The van der Waals surface area contributed by atoms with Gasteiger partial charge in [-0.2, -0.15) is 13.2 Å². The molecule has 3 heterocycles. The number of nitrogens with zero attached hydrogens (tertiary/aromatic N) is 3. The van der Waals surface area contributed by atoms with Gasteiger partial charge in [0.1, 0.15) is 5.82 Å². The van der Waals surface area contributed by atoms with Gasteiger partial charge in [0.2, 0.25) is 5.88 Å². The van der Waals surface area contributed by atoms with Crippen LogP contribution in [0, 0.1) is 17.2 Å². The van der Waals surface area contributed by atoms with Crippen LogP contribution in [0.3, 0.4) is 0 Å². The fourth-order valence-electron chi connectivity index (χ4n) is 6.10. The molecule has 1 atom stereocenters. The van der Waals surface area contributed by atoms with Gasteiger partial charge in [-0.3, -0.25) is 4.79 Å². The topological polar surface area (TPSA) is 71.7 Å². The molecule has 0 radical (unpaired) electrons. The van der Waals surface area contributed by atoms with Crippen molar-refractivity contribution in [2.75, 3.05) is 39.3 Å². The van der Waals surface area contributed by atoms with Crippen LogP contribution in [-0.4, -0.2) is 72.2 Å². The maximum Gasteiger partial charge on any atom is 0.395 e. The highest BCUT2D eigenvalue weighted by atomic mass is 19.4. The summed E-state index contributed by atoms with van der Waals surface area (Å²) in [5, 5.41) is 0. The number of nitrogens with two attached hydrogens (primary N) is 1. The van der Waals surface area contributed by atoms with Crippen molar-refractivity contribution < 1.29 is 27.1 Å². The van der Waals surface area contributed by atoms with E-state index in [2.05, 4.69) is 4.98 Å². The van der Waals surface area contributed by atoms with Crippen LogP contribution in [0.15, 0.2) is 36.5 Å². The molecule has 2 aliphatic heterocycles. The number of halogens is 4. The minimum absolute atomic E-state index is 0.00152. The van der Waals surface area contributed by atoms with Crippen LogP contribution in [-0.2, 0) is 0 Å². The van der Waals surface area contributed by atoms with Gasteiger partial charge in [0.05, 0.1) is 12.0 Å². The van der Waals surface area contributed by atoms with E-state index >= 15 is 0 Å². The first-order valence-corrected chi connectivity index (χ1v) is 13.9. The molecule has 0 bridgehead atoms. The Morgan fingerprint density at radius 1 is 1.08 bits per heavy atom. The number of hydrogen-bond acceptors (Lipinski definition) is 5. The van der Waals surface area contributed by atoms with Crippen molar-refractivity contribution in [1.82, 2.24) is 14.8 Å². The largest absolute Gasteiger partial charge is 0.477 e. The number of likely N-dealkylation sites (tertiary alicyclic amines) is 2. The molecule has 2 saturated heterocycles. The summed E-state index contributed by atoms with van der Waals surface area (Å²) in [6.45, 7) is 2.85. The smallest absolute Gasteiger partial charge is 0.395 e. The van der Waals surface area contributed by atoms with Crippen LogP contribution in [0.25, 0.3) is 11.1 Å². The number of aromatic nitrogens is 1. The Bertz CT molecular complexity index is 1140. The average Bonchev–Trinajstić information content (AvgIpc) is 3.38. The fourth-order valence-corrected chi connectivity index (χ4v) is 6.10. The Hall–Kier alpha value is -2.72. The standard InChI is InChI=1S/C29H36F4N4O2/c30-25-15-21(27(38)37-12-1-3-23(37)16-34)4-6-24(25)22-5-7-26(35-17-22)39-18-20-8-13-36(14-9-20)19-28(10-2-11-28)29(31,32)33/h4-7,15,17,20,23H,1-3,8-14,16,18-19,34H2/t23-/m1/s1. The third-order valence-corrected chi connectivity index (χ3v) is 8.79. The lowest BCUT2D eigenvalue weighted by Crippen LogP contribution is -2.53. The third kappa shape index (κ3) is 5.91. The van der Waals surface area contributed by atoms with E-state index in [4.69, 9.17) is 10.5 Å². The minimum atomic E-state index is -4.13. The predicted molar refractivity (Wildman–Crippen MR) is 140 cm³/mol. The molecular weight excluding hydrogens is 512 g/mol. The lowest BCUT2D eigenvalue weighted by Gasteiger charge is -2.47. The molecule has 5 rings (SSSR count). The summed E-state index contributed by atoms with van der Waals surface area (Å²) in [6.07, 6.45) is 1.87. The third-order valence-electron chi connectivity index (χ3n) is 8.79. The number of pyridine rings is 1. The van der Waals surface area contributed by atoms with E-state index in [0.29, 0.717) is 61.8 Å². The van der Waals surface area contributed by atoms with Gasteiger partial charge in [-0.25, -0.2) is 9.37 Å². The molecule has 2 aromatic rings. The van der Waals surface area contributed by atoms with Crippen molar-refractivity contribution in [2.24, 2.45) is 17.1 Å². The summed E-state index contributed by atoms with van der Waals surface area (Å²) in [6, 6.07) is 7.90. The number of hydrogen-bond donors (Lipinski definition) is 1. The van der Waals surface area contributed by atoms with Gasteiger partial charge in [0.25, 0.3) is 5.91 Å². The Morgan fingerprint density at radius 2 is 1.85 bits per heavy atom. The van der Waals surface area contributed by atoms with E-state index < -0.39 is 17.4 Å². The van der Waals surface area contributed by atoms with Crippen LogP contribution in [0.5, 0.6) is 5.88 Å². The molecule has 10 heteroatoms. The Balaban J connectivity index is 1.12. The molecule has 1 aromatic heterocycles. The van der Waals surface area contributed by atoms with Gasteiger partial charge in [-0.15, -0.1) is 0 Å². The van der Waals surface area contributed by atoms with Crippen LogP contribution in [0.2, 0.25) is 0 Å². The highest BCUT2D eigenvalue weighted by molar-refractivity contribution is 5.95.